The number of nitrogens with zero attached hydrogens (tertiary/aromatic N) is 2. The van der Waals surface area contributed by atoms with Crippen LogP contribution in [0.1, 0.15) is 29.7 Å². The molecule has 3 heterocycles. The summed E-state index contributed by atoms with van der Waals surface area (Å²) in [6, 6.07) is 14.9. The van der Waals surface area contributed by atoms with E-state index in [1.807, 2.05) is 61.5 Å². The van der Waals surface area contributed by atoms with Crippen molar-refractivity contribution in [3.8, 4) is 5.75 Å². The largest absolute Gasteiger partial charge is 0.469 e. The lowest BCUT2D eigenvalue weighted by molar-refractivity contribution is -0.158. The number of aryl methyl sites for hydroxylation is 1. The molecule has 5 rings (SSSR count). The molecule has 2 unspecified atom stereocenters. The first-order valence-corrected chi connectivity index (χ1v) is 10.5. The molecule has 1 aromatic heterocycles. The van der Waals surface area contributed by atoms with Gasteiger partial charge in [-0.15, -0.1) is 0 Å². The number of methoxy groups -OCH3 is 1. The van der Waals surface area contributed by atoms with E-state index in [2.05, 4.69) is 0 Å². The number of rotatable bonds is 2. The molecule has 152 valence electrons. The van der Waals surface area contributed by atoms with Crippen LogP contribution >= 0.6 is 11.3 Å². The van der Waals surface area contributed by atoms with Gasteiger partial charge in [-0.25, -0.2) is 4.99 Å². The predicted octanol–water partition coefficient (Wildman–Crippen LogP) is 2.17. The number of carbonyl (C=O) groups is 1. The third kappa shape index (κ3) is 2.73. The van der Waals surface area contributed by atoms with Gasteiger partial charge in [0.05, 0.1) is 17.7 Å². The number of hydrogen-bond acceptors (Lipinski definition) is 6. The van der Waals surface area contributed by atoms with E-state index < -0.39 is 23.7 Å². The molecule has 2 aliphatic heterocycles. The quantitative estimate of drug-likeness (QED) is 0.596. The van der Waals surface area contributed by atoms with Gasteiger partial charge in [-0.1, -0.05) is 59.4 Å². The molecule has 0 saturated heterocycles. The van der Waals surface area contributed by atoms with Gasteiger partial charge < -0.3 is 9.47 Å². The number of ether oxygens (including phenoxy) is 2. The van der Waals surface area contributed by atoms with Crippen LogP contribution in [0.3, 0.4) is 0 Å². The maximum atomic E-state index is 13.4. The number of benzene rings is 2. The highest BCUT2D eigenvalue weighted by atomic mass is 32.1. The van der Waals surface area contributed by atoms with Crippen molar-refractivity contribution in [1.29, 1.82) is 0 Å². The molecule has 2 bridgehead atoms. The summed E-state index contributed by atoms with van der Waals surface area (Å²) in [5.74, 6) is -0.584. The van der Waals surface area contributed by atoms with Crippen molar-refractivity contribution in [2.24, 2.45) is 10.9 Å². The number of thiazole rings is 1. The van der Waals surface area contributed by atoms with Crippen molar-refractivity contribution >= 4 is 23.4 Å². The van der Waals surface area contributed by atoms with Crippen LogP contribution in [0.4, 0.5) is 0 Å². The fraction of sp³-hybridized carbons (Fsp3) is 0.261. The fourth-order valence-corrected chi connectivity index (χ4v) is 5.34. The van der Waals surface area contributed by atoms with E-state index in [1.165, 1.54) is 18.4 Å². The smallest absolute Gasteiger partial charge is 0.317 e. The molecule has 0 aliphatic carbocycles. The van der Waals surface area contributed by atoms with Crippen LogP contribution in [0.25, 0.3) is 6.08 Å². The minimum absolute atomic E-state index is 0.169. The summed E-state index contributed by atoms with van der Waals surface area (Å²) < 4.78 is 13.4. The Labute approximate surface area is 176 Å². The molecule has 30 heavy (non-hydrogen) atoms. The van der Waals surface area contributed by atoms with E-state index in [1.54, 1.807) is 11.5 Å². The summed E-state index contributed by atoms with van der Waals surface area (Å²) in [4.78, 5) is 31.5. The Morgan fingerprint density at radius 3 is 2.70 bits per heavy atom. The van der Waals surface area contributed by atoms with Crippen LogP contribution in [0.5, 0.6) is 5.75 Å². The van der Waals surface area contributed by atoms with Gasteiger partial charge in [0.25, 0.3) is 5.56 Å². The molecule has 3 atom stereocenters. The van der Waals surface area contributed by atoms with Gasteiger partial charge in [-0.2, -0.15) is 0 Å². The lowest BCUT2D eigenvalue weighted by Gasteiger charge is -2.44. The van der Waals surface area contributed by atoms with Crippen molar-refractivity contribution in [2.75, 3.05) is 7.11 Å². The molecule has 0 saturated carbocycles. The van der Waals surface area contributed by atoms with Crippen LogP contribution in [-0.2, 0) is 9.53 Å². The number of carbonyl (C=O) groups excluding carboxylic acids is 1. The number of hydrogen-bond donors (Lipinski definition) is 0. The minimum Gasteiger partial charge on any atom is -0.469 e. The molecule has 2 aliphatic rings. The molecule has 0 fully saturated rings. The average Bonchev–Trinajstić information content (AvgIpc) is 3.02. The Hall–Kier alpha value is -3.19. The number of aromatic nitrogens is 1. The van der Waals surface area contributed by atoms with Gasteiger partial charge in [-0.05, 0) is 31.6 Å². The Kier molecular flexibility index (Phi) is 4.18. The molecule has 0 amide bonds. The minimum atomic E-state index is -1.15. The van der Waals surface area contributed by atoms with Crippen LogP contribution in [0.15, 0.2) is 58.3 Å². The zero-order valence-electron chi connectivity index (χ0n) is 16.8. The first kappa shape index (κ1) is 18.8. The SMILES string of the molecule is COC(=O)C1C2c3ccccc3O[C@@]1(C)N=c1sc(=Cc3ccc(C)cc3)c(=O)n12. The number of para-hydroxylation sites is 1. The Morgan fingerprint density at radius 1 is 1.23 bits per heavy atom. The molecule has 2 aromatic carbocycles. The fourth-order valence-electron chi connectivity index (χ4n) is 4.25. The van der Waals surface area contributed by atoms with E-state index in [4.69, 9.17) is 14.5 Å². The Morgan fingerprint density at radius 2 is 1.97 bits per heavy atom. The zero-order chi connectivity index (χ0) is 21.0. The second kappa shape index (κ2) is 6.67. The third-order valence-corrected chi connectivity index (χ3v) is 6.69. The zero-order valence-corrected chi connectivity index (χ0v) is 17.6. The third-order valence-electron chi connectivity index (χ3n) is 5.71. The van der Waals surface area contributed by atoms with E-state index in [-0.39, 0.29) is 5.56 Å². The van der Waals surface area contributed by atoms with Crippen molar-refractivity contribution < 1.29 is 14.3 Å². The van der Waals surface area contributed by atoms with Gasteiger partial charge in [0.2, 0.25) is 5.72 Å². The summed E-state index contributed by atoms with van der Waals surface area (Å²) in [6.07, 6.45) is 1.86. The highest BCUT2D eigenvalue weighted by Gasteiger charge is 2.55. The molecular weight excluding hydrogens is 400 g/mol. The van der Waals surface area contributed by atoms with E-state index in [9.17, 15) is 9.59 Å². The summed E-state index contributed by atoms with van der Waals surface area (Å²) in [5, 5.41) is 0. The van der Waals surface area contributed by atoms with Crippen molar-refractivity contribution in [3.63, 3.8) is 0 Å². The lowest BCUT2D eigenvalue weighted by Crippen LogP contribution is -2.58. The average molecular weight is 420 g/mol. The van der Waals surface area contributed by atoms with Gasteiger partial charge in [0, 0.05) is 5.56 Å². The normalized spacial score (nSPS) is 24.3. The molecule has 3 aromatic rings. The van der Waals surface area contributed by atoms with Gasteiger partial charge in [0.1, 0.15) is 11.7 Å². The molecule has 0 N–H and O–H groups in total. The maximum absolute atomic E-state index is 13.4. The summed E-state index contributed by atoms with van der Waals surface area (Å²) in [5.41, 5.74) is 1.55. The first-order chi connectivity index (χ1) is 14.4. The maximum Gasteiger partial charge on any atom is 0.317 e. The summed E-state index contributed by atoms with van der Waals surface area (Å²) >= 11 is 1.31. The number of fused-ring (bicyclic) bond motifs is 6. The van der Waals surface area contributed by atoms with E-state index in [0.717, 1.165) is 16.7 Å². The Balaban J connectivity index is 1.79. The van der Waals surface area contributed by atoms with Gasteiger partial charge in [-0.3, -0.25) is 14.2 Å². The second-order valence-corrected chi connectivity index (χ2v) is 8.74. The number of esters is 1. The van der Waals surface area contributed by atoms with Gasteiger partial charge in [0.15, 0.2) is 4.80 Å². The second-order valence-electron chi connectivity index (χ2n) is 7.73. The van der Waals surface area contributed by atoms with Crippen LogP contribution in [0.2, 0.25) is 0 Å². The van der Waals surface area contributed by atoms with Crippen molar-refractivity contribution in [1.82, 2.24) is 4.57 Å². The molecule has 7 heteroatoms. The molecule has 0 radical (unpaired) electrons. The Bertz CT molecular complexity index is 1340. The monoisotopic (exact) mass is 420 g/mol. The molecule has 6 nitrogen and oxygen atoms in total. The summed E-state index contributed by atoms with van der Waals surface area (Å²) in [6.45, 7) is 3.79. The highest BCUT2D eigenvalue weighted by Crippen LogP contribution is 2.47. The van der Waals surface area contributed by atoms with Crippen molar-refractivity contribution in [2.45, 2.75) is 25.6 Å². The van der Waals surface area contributed by atoms with Crippen LogP contribution in [0, 0.1) is 12.8 Å². The van der Waals surface area contributed by atoms with E-state index in [0.29, 0.717) is 15.1 Å². The lowest BCUT2D eigenvalue weighted by atomic mass is 9.81. The van der Waals surface area contributed by atoms with E-state index >= 15 is 0 Å². The standard InChI is InChI=1S/C23H20N2O4S/c1-13-8-10-14(11-9-13)12-17-20(26)25-19-15-6-4-5-7-16(15)29-23(2,24-22(25)30-17)18(19)21(27)28-3/h4-12,18-19H,1-3H3/t18?,19?,23-/m1/s1. The predicted molar refractivity (Wildman–Crippen MR) is 113 cm³/mol. The summed E-state index contributed by atoms with van der Waals surface area (Å²) in [7, 11) is 1.34. The topological polar surface area (TPSA) is 69.9 Å². The highest BCUT2D eigenvalue weighted by molar-refractivity contribution is 7.07. The molecule has 0 spiro atoms. The molecular formula is C23H20N2O4S. The van der Waals surface area contributed by atoms with Crippen LogP contribution in [-0.4, -0.2) is 23.4 Å². The van der Waals surface area contributed by atoms with Crippen molar-refractivity contribution in [3.05, 3.63) is 84.9 Å². The first-order valence-electron chi connectivity index (χ1n) is 9.67. The van der Waals surface area contributed by atoms with Gasteiger partial charge >= 0.3 is 5.97 Å². The van der Waals surface area contributed by atoms with Crippen LogP contribution < -0.4 is 19.6 Å².